The Hall–Kier alpha value is -0.820. The third kappa shape index (κ3) is 13.9. The average Bonchev–Trinajstić information content (AvgIpc) is 2.37. The highest BCUT2D eigenvalue weighted by molar-refractivity contribution is 5.10. The molecule has 122 valence electrons. The zero-order chi connectivity index (χ0) is 16.1. The molecule has 0 aliphatic heterocycles. The Balaban J connectivity index is 3.76. The van der Waals surface area contributed by atoms with Crippen LogP contribution in [0.4, 0.5) is 0 Å². The first-order valence-corrected chi connectivity index (χ1v) is 8.57. The number of allylic oxidation sites excluding steroid dienone is 4. The van der Waals surface area contributed by atoms with Crippen molar-refractivity contribution in [1.29, 1.82) is 0 Å². The highest BCUT2D eigenvalue weighted by atomic mass is 15.0. The van der Waals surface area contributed by atoms with Gasteiger partial charge in [0, 0.05) is 6.54 Å². The van der Waals surface area contributed by atoms with Crippen molar-refractivity contribution in [3.05, 3.63) is 36.5 Å². The zero-order valence-electron chi connectivity index (χ0n) is 15.1. The molecule has 1 atom stereocenters. The molecule has 1 nitrogen and oxygen atoms in total. The Kier molecular flexibility index (Phi) is 12.4. The average molecular weight is 292 g/mol. The second-order valence-corrected chi connectivity index (χ2v) is 6.93. The predicted molar refractivity (Wildman–Crippen MR) is 97.7 cm³/mol. The smallest absolute Gasteiger partial charge is 0.0157 e. The summed E-state index contributed by atoms with van der Waals surface area (Å²) < 4.78 is 0. The third-order valence-corrected chi connectivity index (χ3v) is 3.62. The zero-order valence-corrected chi connectivity index (χ0v) is 15.1. The van der Waals surface area contributed by atoms with Gasteiger partial charge in [-0.2, -0.15) is 0 Å². The number of hydrogen-bond acceptors (Lipinski definition) is 1. The van der Waals surface area contributed by atoms with Crippen LogP contribution in [0.5, 0.6) is 0 Å². The van der Waals surface area contributed by atoms with Crippen LogP contribution in [0.15, 0.2) is 36.5 Å². The van der Waals surface area contributed by atoms with Crippen LogP contribution in [0.3, 0.4) is 0 Å². The molecule has 0 bridgehead atoms. The summed E-state index contributed by atoms with van der Waals surface area (Å²) in [4.78, 5) is 2.20. The molecule has 21 heavy (non-hydrogen) atoms. The van der Waals surface area contributed by atoms with E-state index in [0.29, 0.717) is 5.92 Å². The van der Waals surface area contributed by atoms with E-state index in [0.717, 1.165) is 12.5 Å². The van der Waals surface area contributed by atoms with Crippen molar-refractivity contribution in [2.24, 2.45) is 11.8 Å². The van der Waals surface area contributed by atoms with Crippen LogP contribution in [0, 0.1) is 11.8 Å². The van der Waals surface area contributed by atoms with E-state index in [2.05, 4.69) is 64.6 Å². The van der Waals surface area contributed by atoms with E-state index in [1.54, 1.807) is 5.57 Å². The lowest BCUT2D eigenvalue weighted by molar-refractivity contribution is 0.454. The molecule has 0 saturated carbocycles. The minimum absolute atomic E-state index is 0.712. The number of nitrogens with zero attached hydrogens (tertiary/aromatic N) is 1. The fourth-order valence-electron chi connectivity index (χ4n) is 2.54. The summed E-state index contributed by atoms with van der Waals surface area (Å²) in [6.45, 7) is 11.8. The van der Waals surface area contributed by atoms with Crippen molar-refractivity contribution in [3.63, 3.8) is 0 Å². The number of unbranched alkanes of at least 4 members (excludes halogenated alkanes) is 2. The van der Waals surface area contributed by atoms with E-state index in [4.69, 9.17) is 0 Å². The molecule has 0 radical (unpaired) electrons. The molecule has 1 unspecified atom stereocenters. The van der Waals surface area contributed by atoms with E-state index in [1.807, 2.05) is 6.08 Å². The number of likely N-dealkylation sites (N-methyl/N-ethyl adjacent to an activating group) is 1. The molecule has 0 aromatic carbocycles. The Morgan fingerprint density at radius 2 is 1.81 bits per heavy atom. The van der Waals surface area contributed by atoms with Gasteiger partial charge in [0.15, 0.2) is 0 Å². The third-order valence-electron chi connectivity index (χ3n) is 3.62. The van der Waals surface area contributed by atoms with Gasteiger partial charge >= 0.3 is 0 Å². The largest absolute Gasteiger partial charge is 0.306 e. The summed E-state index contributed by atoms with van der Waals surface area (Å²) in [6.07, 6.45) is 16.6. The summed E-state index contributed by atoms with van der Waals surface area (Å²) in [7, 11) is 4.22. The van der Waals surface area contributed by atoms with Gasteiger partial charge in [-0.1, -0.05) is 70.1 Å². The summed E-state index contributed by atoms with van der Waals surface area (Å²) in [5.74, 6) is 1.46. The van der Waals surface area contributed by atoms with Crippen LogP contribution in [-0.4, -0.2) is 25.5 Å². The van der Waals surface area contributed by atoms with E-state index in [9.17, 15) is 0 Å². The molecule has 0 saturated heterocycles. The van der Waals surface area contributed by atoms with Gasteiger partial charge in [-0.25, -0.2) is 0 Å². The number of rotatable bonds is 12. The van der Waals surface area contributed by atoms with Crippen LogP contribution < -0.4 is 0 Å². The summed E-state index contributed by atoms with van der Waals surface area (Å²) in [5, 5.41) is 0. The molecule has 0 spiro atoms. The second kappa shape index (κ2) is 12.9. The molecular weight excluding hydrogens is 254 g/mol. The van der Waals surface area contributed by atoms with Gasteiger partial charge in [0.2, 0.25) is 0 Å². The Morgan fingerprint density at radius 1 is 1.10 bits per heavy atom. The van der Waals surface area contributed by atoms with Crippen molar-refractivity contribution in [2.45, 2.75) is 59.3 Å². The van der Waals surface area contributed by atoms with Crippen molar-refractivity contribution < 1.29 is 0 Å². The van der Waals surface area contributed by atoms with Crippen molar-refractivity contribution >= 4 is 0 Å². The highest BCUT2D eigenvalue weighted by Gasteiger charge is 2.02. The first kappa shape index (κ1) is 20.2. The molecule has 1 heteroatoms. The Morgan fingerprint density at radius 3 is 2.38 bits per heavy atom. The fourth-order valence-corrected chi connectivity index (χ4v) is 2.54. The topological polar surface area (TPSA) is 3.24 Å². The Bertz CT molecular complexity index is 310. The van der Waals surface area contributed by atoms with E-state index < -0.39 is 0 Å². The molecule has 0 aromatic heterocycles. The predicted octanol–water partition coefficient (Wildman–Crippen LogP) is 5.85. The molecule has 0 amide bonds. The van der Waals surface area contributed by atoms with E-state index in [-0.39, 0.29) is 0 Å². The lowest BCUT2D eigenvalue weighted by Gasteiger charge is -2.11. The minimum Gasteiger partial charge on any atom is -0.306 e. The minimum atomic E-state index is 0.712. The normalized spacial score (nSPS) is 14.3. The van der Waals surface area contributed by atoms with Crippen LogP contribution in [-0.2, 0) is 0 Å². The summed E-state index contributed by atoms with van der Waals surface area (Å²) in [5.41, 5.74) is 1.57. The standard InChI is InChI=1S/C20H37N/c1-7-12-20(17-18(2)3)15-10-8-9-13-19(4)14-11-16-21(5)6/h7,11-12,14,18-19H,1,8-10,13,15-17H2,2-6H3/b14-11-,20-12-. The summed E-state index contributed by atoms with van der Waals surface area (Å²) in [6, 6.07) is 0. The monoisotopic (exact) mass is 291 g/mol. The van der Waals surface area contributed by atoms with Crippen LogP contribution in [0.1, 0.15) is 59.3 Å². The molecule has 0 heterocycles. The fraction of sp³-hybridized carbons (Fsp3) is 0.700. The van der Waals surface area contributed by atoms with E-state index in [1.165, 1.54) is 38.5 Å². The first-order chi connectivity index (χ1) is 9.95. The lowest BCUT2D eigenvalue weighted by Crippen LogP contribution is -2.10. The molecule has 0 aliphatic rings. The maximum absolute atomic E-state index is 3.83. The Labute approximate surface area is 133 Å². The molecular formula is C20H37N. The lowest BCUT2D eigenvalue weighted by atomic mass is 9.96. The van der Waals surface area contributed by atoms with Gasteiger partial charge in [0.25, 0.3) is 0 Å². The molecule has 0 aromatic rings. The second-order valence-electron chi connectivity index (χ2n) is 6.93. The van der Waals surface area contributed by atoms with Gasteiger partial charge in [-0.05, 0) is 51.6 Å². The van der Waals surface area contributed by atoms with Gasteiger partial charge in [-0.15, -0.1) is 0 Å². The van der Waals surface area contributed by atoms with Crippen LogP contribution in [0.25, 0.3) is 0 Å². The van der Waals surface area contributed by atoms with Gasteiger partial charge in [-0.3, -0.25) is 0 Å². The SMILES string of the molecule is C=C/C=C(/CCCCCC(C)/C=C\CN(C)C)CC(C)C. The maximum atomic E-state index is 3.83. The van der Waals surface area contributed by atoms with Crippen molar-refractivity contribution in [2.75, 3.05) is 20.6 Å². The molecule has 0 aliphatic carbocycles. The molecule has 0 rings (SSSR count). The van der Waals surface area contributed by atoms with Gasteiger partial charge in [0.05, 0.1) is 0 Å². The maximum Gasteiger partial charge on any atom is 0.0157 e. The van der Waals surface area contributed by atoms with E-state index >= 15 is 0 Å². The molecule has 0 fully saturated rings. The highest BCUT2D eigenvalue weighted by Crippen LogP contribution is 2.19. The van der Waals surface area contributed by atoms with Gasteiger partial charge < -0.3 is 4.90 Å². The first-order valence-electron chi connectivity index (χ1n) is 8.57. The van der Waals surface area contributed by atoms with Gasteiger partial charge in [0.1, 0.15) is 0 Å². The van der Waals surface area contributed by atoms with Crippen LogP contribution >= 0.6 is 0 Å². The van der Waals surface area contributed by atoms with Crippen molar-refractivity contribution in [3.8, 4) is 0 Å². The molecule has 0 N–H and O–H groups in total. The quantitative estimate of drug-likeness (QED) is 0.248. The number of hydrogen-bond donors (Lipinski definition) is 0. The summed E-state index contributed by atoms with van der Waals surface area (Å²) >= 11 is 0. The van der Waals surface area contributed by atoms with Crippen molar-refractivity contribution in [1.82, 2.24) is 4.90 Å². The van der Waals surface area contributed by atoms with Crippen LogP contribution in [0.2, 0.25) is 0 Å².